The van der Waals surface area contributed by atoms with Crippen LogP contribution in [0.15, 0.2) is 42.7 Å². The van der Waals surface area contributed by atoms with E-state index in [1.807, 2.05) is 48.7 Å². The zero-order chi connectivity index (χ0) is 16.4. The van der Waals surface area contributed by atoms with Crippen molar-refractivity contribution in [2.24, 2.45) is 0 Å². The van der Waals surface area contributed by atoms with E-state index >= 15 is 0 Å². The maximum absolute atomic E-state index is 12.1. The largest absolute Gasteiger partial charge is 0.342 e. The van der Waals surface area contributed by atoms with E-state index in [1.165, 1.54) is 0 Å². The Balaban J connectivity index is 1.76. The Kier molecular flexibility index (Phi) is 3.69. The van der Waals surface area contributed by atoms with E-state index in [1.54, 1.807) is 18.5 Å². The average molecular weight is 305 g/mol. The molecule has 3 aromatic rings. The monoisotopic (exact) mass is 305 g/mol. The summed E-state index contributed by atoms with van der Waals surface area (Å²) in [5.41, 5.74) is 4.44. The minimum Gasteiger partial charge on any atom is -0.342 e. The molecule has 0 fully saturated rings. The molecule has 0 unspecified atom stereocenters. The molecule has 114 valence electrons. The number of nitriles is 1. The second-order valence-corrected chi connectivity index (χ2v) is 5.18. The third kappa shape index (κ3) is 2.85. The van der Waals surface area contributed by atoms with Crippen molar-refractivity contribution in [2.75, 3.05) is 5.32 Å². The van der Waals surface area contributed by atoms with Crippen LogP contribution in [0.25, 0.3) is 5.69 Å². The van der Waals surface area contributed by atoms with Crippen LogP contribution >= 0.6 is 0 Å². The van der Waals surface area contributed by atoms with Crippen molar-refractivity contribution in [3.63, 3.8) is 0 Å². The number of benzene rings is 1. The van der Waals surface area contributed by atoms with Crippen molar-refractivity contribution in [1.82, 2.24) is 14.5 Å². The number of carbonyl (C=O) groups excluding carboxylic acids is 1. The van der Waals surface area contributed by atoms with Gasteiger partial charge in [-0.15, -0.1) is 0 Å². The lowest BCUT2D eigenvalue weighted by Crippen LogP contribution is -2.12. The summed E-state index contributed by atoms with van der Waals surface area (Å²) < 4.78 is 1.99. The number of rotatable bonds is 3. The number of aromatic nitrogens is 3. The van der Waals surface area contributed by atoms with Gasteiger partial charge in [-0.3, -0.25) is 4.79 Å². The summed E-state index contributed by atoms with van der Waals surface area (Å²) in [7, 11) is 0. The first kappa shape index (κ1) is 14.6. The van der Waals surface area contributed by atoms with E-state index in [4.69, 9.17) is 5.26 Å². The Morgan fingerprint density at radius 3 is 2.52 bits per heavy atom. The molecule has 0 spiro atoms. The SMILES string of the molecule is Cc1ncn(-c2ccc(NC(=O)c3ccc(C#N)[nH]3)cc2)c1C. The molecule has 6 nitrogen and oxygen atoms in total. The van der Waals surface area contributed by atoms with E-state index in [-0.39, 0.29) is 5.91 Å². The van der Waals surface area contributed by atoms with Crippen LogP contribution in [0.3, 0.4) is 0 Å². The van der Waals surface area contributed by atoms with E-state index in [0.717, 1.165) is 17.1 Å². The lowest BCUT2D eigenvalue weighted by Gasteiger charge is -2.08. The number of anilines is 1. The fourth-order valence-electron chi connectivity index (χ4n) is 2.26. The number of amides is 1. The molecule has 0 saturated heterocycles. The average Bonchev–Trinajstić information content (AvgIpc) is 3.16. The standard InChI is InChI=1S/C17H15N5O/c1-11-12(2)22(10-19-11)15-6-3-13(4-7-15)21-17(23)16-8-5-14(9-18)20-16/h3-8,10,20H,1-2H3,(H,21,23). The third-order valence-corrected chi connectivity index (χ3v) is 3.71. The highest BCUT2D eigenvalue weighted by Crippen LogP contribution is 2.17. The van der Waals surface area contributed by atoms with Crippen molar-refractivity contribution in [3.05, 3.63) is 65.5 Å². The smallest absolute Gasteiger partial charge is 0.272 e. The molecule has 0 aliphatic carbocycles. The summed E-state index contributed by atoms with van der Waals surface area (Å²) in [5, 5.41) is 11.6. The van der Waals surface area contributed by atoms with Crippen molar-refractivity contribution >= 4 is 11.6 Å². The van der Waals surface area contributed by atoms with Crippen LogP contribution < -0.4 is 5.32 Å². The van der Waals surface area contributed by atoms with Gasteiger partial charge in [0.2, 0.25) is 0 Å². The zero-order valence-corrected chi connectivity index (χ0v) is 12.8. The summed E-state index contributed by atoms with van der Waals surface area (Å²) in [4.78, 5) is 19.1. The minimum absolute atomic E-state index is 0.283. The molecule has 0 aliphatic rings. The first-order valence-corrected chi connectivity index (χ1v) is 7.10. The first-order valence-electron chi connectivity index (χ1n) is 7.10. The fraction of sp³-hybridized carbons (Fsp3) is 0.118. The molecule has 6 heteroatoms. The van der Waals surface area contributed by atoms with Crippen LogP contribution in [-0.4, -0.2) is 20.4 Å². The van der Waals surface area contributed by atoms with Gasteiger partial charge in [-0.2, -0.15) is 5.26 Å². The molecule has 23 heavy (non-hydrogen) atoms. The first-order chi connectivity index (χ1) is 11.1. The summed E-state index contributed by atoms with van der Waals surface area (Å²) in [6, 6.07) is 12.6. The number of aryl methyl sites for hydroxylation is 1. The topological polar surface area (TPSA) is 86.5 Å². The minimum atomic E-state index is -0.283. The molecular weight excluding hydrogens is 290 g/mol. The molecule has 0 aliphatic heterocycles. The van der Waals surface area contributed by atoms with Crippen LogP contribution in [0.5, 0.6) is 0 Å². The Hall–Kier alpha value is -3.33. The number of nitrogens with one attached hydrogen (secondary N) is 2. The number of aromatic amines is 1. The molecule has 0 atom stereocenters. The van der Waals surface area contributed by atoms with E-state index < -0.39 is 0 Å². The van der Waals surface area contributed by atoms with Gasteiger partial charge in [-0.1, -0.05) is 0 Å². The van der Waals surface area contributed by atoms with Crippen LogP contribution in [-0.2, 0) is 0 Å². The molecule has 0 radical (unpaired) electrons. The molecule has 0 bridgehead atoms. The number of imidazole rings is 1. The van der Waals surface area contributed by atoms with Gasteiger partial charge in [0, 0.05) is 17.1 Å². The summed E-state index contributed by atoms with van der Waals surface area (Å²) in [6.45, 7) is 3.97. The maximum Gasteiger partial charge on any atom is 0.272 e. The van der Waals surface area contributed by atoms with Crippen molar-refractivity contribution in [1.29, 1.82) is 5.26 Å². The third-order valence-electron chi connectivity index (χ3n) is 3.71. The second-order valence-electron chi connectivity index (χ2n) is 5.18. The van der Waals surface area contributed by atoms with E-state index in [9.17, 15) is 4.79 Å². The highest BCUT2D eigenvalue weighted by molar-refractivity contribution is 6.03. The van der Waals surface area contributed by atoms with Crippen LogP contribution in [0.1, 0.15) is 27.6 Å². The molecule has 0 saturated carbocycles. The predicted molar refractivity (Wildman–Crippen MR) is 86.5 cm³/mol. The number of hydrogen-bond acceptors (Lipinski definition) is 3. The van der Waals surface area contributed by atoms with Gasteiger partial charge in [-0.25, -0.2) is 4.98 Å². The Morgan fingerprint density at radius 1 is 1.22 bits per heavy atom. The van der Waals surface area contributed by atoms with Crippen LogP contribution in [0.4, 0.5) is 5.69 Å². The molecule has 1 amide bonds. The summed E-state index contributed by atoms with van der Waals surface area (Å²) >= 11 is 0. The normalized spacial score (nSPS) is 10.3. The molecule has 1 aromatic carbocycles. The van der Waals surface area contributed by atoms with E-state index in [0.29, 0.717) is 17.1 Å². The van der Waals surface area contributed by atoms with Gasteiger partial charge in [0.15, 0.2) is 0 Å². The van der Waals surface area contributed by atoms with Gasteiger partial charge < -0.3 is 14.9 Å². The van der Waals surface area contributed by atoms with Gasteiger partial charge in [0.25, 0.3) is 5.91 Å². The van der Waals surface area contributed by atoms with Gasteiger partial charge in [0.05, 0.1) is 12.0 Å². The number of H-pyrrole nitrogens is 1. The van der Waals surface area contributed by atoms with Gasteiger partial charge >= 0.3 is 0 Å². The predicted octanol–water partition coefficient (Wildman–Crippen LogP) is 2.94. The highest BCUT2D eigenvalue weighted by atomic mass is 16.1. The molecule has 3 rings (SSSR count). The molecule has 2 N–H and O–H groups in total. The fourth-order valence-corrected chi connectivity index (χ4v) is 2.26. The quantitative estimate of drug-likeness (QED) is 0.780. The van der Waals surface area contributed by atoms with Crippen molar-refractivity contribution in [2.45, 2.75) is 13.8 Å². The number of nitrogens with zero attached hydrogens (tertiary/aromatic N) is 3. The second kappa shape index (κ2) is 5.81. The van der Waals surface area contributed by atoms with Gasteiger partial charge in [0.1, 0.15) is 17.5 Å². The highest BCUT2D eigenvalue weighted by Gasteiger charge is 2.09. The lowest BCUT2D eigenvalue weighted by atomic mass is 10.2. The molecular formula is C17H15N5O. The number of hydrogen-bond donors (Lipinski definition) is 2. The summed E-state index contributed by atoms with van der Waals surface area (Å²) in [6.07, 6.45) is 1.78. The van der Waals surface area contributed by atoms with Gasteiger partial charge in [-0.05, 0) is 50.2 Å². The molecule has 2 heterocycles. The zero-order valence-electron chi connectivity index (χ0n) is 12.8. The summed E-state index contributed by atoms with van der Waals surface area (Å²) in [5.74, 6) is -0.283. The molecule has 2 aromatic heterocycles. The lowest BCUT2D eigenvalue weighted by molar-refractivity contribution is 0.102. The van der Waals surface area contributed by atoms with E-state index in [2.05, 4.69) is 15.3 Å². The maximum atomic E-state index is 12.1. The van der Waals surface area contributed by atoms with Crippen LogP contribution in [0.2, 0.25) is 0 Å². The van der Waals surface area contributed by atoms with Crippen molar-refractivity contribution < 1.29 is 4.79 Å². The Labute approximate surface area is 133 Å². The Bertz CT molecular complexity index is 896. The Morgan fingerprint density at radius 2 is 1.96 bits per heavy atom. The van der Waals surface area contributed by atoms with Crippen LogP contribution in [0, 0.1) is 25.2 Å². The number of carbonyl (C=O) groups is 1. The van der Waals surface area contributed by atoms with Crippen molar-refractivity contribution in [3.8, 4) is 11.8 Å².